The summed E-state index contributed by atoms with van der Waals surface area (Å²) in [6, 6.07) is 5.35. The first kappa shape index (κ1) is 15.3. The Kier molecular flexibility index (Phi) is 4.60. The van der Waals surface area contributed by atoms with Gasteiger partial charge in [-0.05, 0) is 12.1 Å². The van der Waals surface area contributed by atoms with Crippen molar-refractivity contribution < 1.29 is 14.3 Å². The Hall–Kier alpha value is -1.64. The van der Waals surface area contributed by atoms with Crippen LogP contribution >= 0.6 is 23.1 Å². The average molecular weight is 337 g/mol. The second-order valence-electron chi connectivity index (χ2n) is 4.78. The van der Waals surface area contributed by atoms with Gasteiger partial charge in [0.2, 0.25) is 5.91 Å². The Morgan fingerprint density at radius 3 is 2.86 bits per heavy atom. The summed E-state index contributed by atoms with van der Waals surface area (Å²) in [6.45, 7) is 2.48. The number of para-hydroxylation sites is 1. The van der Waals surface area contributed by atoms with E-state index in [1.807, 2.05) is 6.07 Å². The standard InChI is InChI=1S/C14H15N3O3S2/c15-13(19)9-2-1-3-10-12(9)16-14(22-10)21-8-11(18)17-4-6-20-7-5-17/h1-3H,4-8H2,(H2,15,19). The topological polar surface area (TPSA) is 85.5 Å². The van der Waals surface area contributed by atoms with Crippen LogP contribution in [0.5, 0.6) is 0 Å². The minimum Gasteiger partial charge on any atom is -0.378 e. The van der Waals surface area contributed by atoms with E-state index in [4.69, 9.17) is 10.5 Å². The summed E-state index contributed by atoms with van der Waals surface area (Å²) in [7, 11) is 0. The summed E-state index contributed by atoms with van der Waals surface area (Å²) in [4.78, 5) is 29.8. The van der Waals surface area contributed by atoms with Crippen LogP contribution in [0.4, 0.5) is 0 Å². The largest absolute Gasteiger partial charge is 0.378 e. The normalized spacial score (nSPS) is 15.2. The molecule has 2 N–H and O–H groups in total. The van der Waals surface area contributed by atoms with E-state index in [0.717, 1.165) is 9.04 Å². The summed E-state index contributed by atoms with van der Waals surface area (Å²) in [5.74, 6) is -0.0642. The molecule has 2 aromatic rings. The van der Waals surface area contributed by atoms with Gasteiger partial charge in [0, 0.05) is 13.1 Å². The molecule has 8 heteroatoms. The van der Waals surface area contributed by atoms with Crippen molar-refractivity contribution in [1.29, 1.82) is 0 Å². The molecule has 1 aromatic carbocycles. The molecule has 0 radical (unpaired) electrons. The number of ether oxygens (including phenoxy) is 1. The predicted octanol–water partition coefficient (Wildman–Crippen LogP) is 1.35. The van der Waals surface area contributed by atoms with Gasteiger partial charge in [0.25, 0.3) is 5.91 Å². The van der Waals surface area contributed by atoms with Crippen molar-refractivity contribution in [2.24, 2.45) is 5.73 Å². The van der Waals surface area contributed by atoms with Crippen molar-refractivity contribution in [3.8, 4) is 0 Å². The fourth-order valence-electron chi connectivity index (χ4n) is 2.22. The molecule has 1 saturated heterocycles. The molecule has 3 rings (SSSR count). The number of carbonyl (C=O) groups excluding carboxylic acids is 2. The van der Waals surface area contributed by atoms with Gasteiger partial charge < -0.3 is 15.4 Å². The van der Waals surface area contributed by atoms with Crippen LogP contribution in [0, 0.1) is 0 Å². The van der Waals surface area contributed by atoms with Crippen LogP contribution < -0.4 is 5.73 Å². The molecule has 2 amide bonds. The Bertz CT molecular complexity index is 710. The van der Waals surface area contributed by atoms with Gasteiger partial charge in [-0.3, -0.25) is 9.59 Å². The summed E-state index contributed by atoms with van der Waals surface area (Å²) >= 11 is 2.86. The van der Waals surface area contributed by atoms with Gasteiger partial charge in [-0.25, -0.2) is 4.98 Å². The first-order chi connectivity index (χ1) is 10.6. The molecule has 1 aliphatic rings. The van der Waals surface area contributed by atoms with E-state index in [9.17, 15) is 9.59 Å². The van der Waals surface area contributed by atoms with Crippen molar-refractivity contribution in [1.82, 2.24) is 9.88 Å². The van der Waals surface area contributed by atoms with Gasteiger partial charge >= 0.3 is 0 Å². The third kappa shape index (κ3) is 3.23. The number of hydrogen-bond donors (Lipinski definition) is 1. The molecule has 0 spiro atoms. The van der Waals surface area contributed by atoms with E-state index >= 15 is 0 Å². The lowest BCUT2D eigenvalue weighted by molar-refractivity contribution is -0.132. The van der Waals surface area contributed by atoms with Crippen LogP contribution in [0.25, 0.3) is 10.2 Å². The minimum absolute atomic E-state index is 0.0858. The molecular formula is C14H15N3O3S2. The molecule has 0 aliphatic carbocycles. The van der Waals surface area contributed by atoms with Gasteiger partial charge in [-0.15, -0.1) is 11.3 Å². The summed E-state index contributed by atoms with van der Waals surface area (Å²) < 4.78 is 6.90. The molecule has 1 aliphatic heterocycles. The third-order valence-electron chi connectivity index (χ3n) is 3.35. The van der Waals surface area contributed by atoms with Gasteiger partial charge in [0.05, 0.1) is 34.7 Å². The fraction of sp³-hybridized carbons (Fsp3) is 0.357. The zero-order chi connectivity index (χ0) is 15.5. The first-order valence-corrected chi connectivity index (χ1v) is 8.63. The number of thiazole rings is 1. The van der Waals surface area contributed by atoms with Crippen molar-refractivity contribution in [3.63, 3.8) is 0 Å². The molecule has 1 aromatic heterocycles. The third-order valence-corrected chi connectivity index (χ3v) is 5.50. The lowest BCUT2D eigenvalue weighted by atomic mass is 10.2. The number of hydrogen-bond acceptors (Lipinski definition) is 6. The summed E-state index contributed by atoms with van der Waals surface area (Å²) in [5.41, 5.74) is 6.38. The number of fused-ring (bicyclic) bond motifs is 1. The van der Waals surface area contributed by atoms with Gasteiger partial charge in [0.15, 0.2) is 4.34 Å². The predicted molar refractivity (Wildman–Crippen MR) is 86.3 cm³/mol. The highest BCUT2D eigenvalue weighted by Crippen LogP contribution is 2.31. The van der Waals surface area contributed by atoms with E-state index in [0.29, 0.717) is 43.1 Å². The summed E-state index contributed by atoms with van der Waals surface area (Å²) in [6.07, 6.45) is 0. The van der Waals surface area contributed by atoms with Crippen molar-refractivity contribution in [3.05, 3.63) is 23.8 Å². The van der Waals surface area contributed by atoms with Crippen molar-refractivity contribution in [2.75, 3.05) is 32.1 Å². The van der Waals surface area contributed by atoms with Gasteiger partial charge in [-0.1, -0.05) is 17.8 Å². The van der Waals surface area contributed by atoms with E-state index in [1.54, 1.807) is 17.0 Å². The maximum absolute atomic E-state index is 12.1. The number of benzene rings is 1. The molecule has 22 heavy (non-hydrogen) atoms. The van der Waals surface area contributed by atoms with E-state index < -0.39 is 5.91 Å². The molecule has 0 unspecified atom stereocenters. The Morgan fingerprint density at radius 2 is 2.14 bits per heavy atom. The molecule has 1 fully saturated rings. The maximum atomic E-state index is 12.1. The number of carbonyl (C=O) groups is 2. The lowest BCUT2D eigenvalue weighted by Gasteiger charge is -2.26. The number of morpholine rings is 1. The molecule has 2 heterocycles. The summed E-state index contributed by atoms with van der Waals surface area (Å²) in [5, 5.41) is 0. The molecule has 0 bridgehead atoms. The zero-order valence-electron chi connectivity index (χ0n) is 11.8. The monoisotopic (exact) mass is 337 g/mol. The van der Waals surface area contributed by atoms with E-state index in [1.165, 1.54) is 23.1 Å². The number of nitrogens with zero attached hydrogens (tertiary/aromatic N) is 2. The quantitative estimate of drug-likeness (QED) is 0.851. The van der Waals surface area contributed by atoms with E-state index in [-0.39, 0.29) is 5.91 Å². The number of amides is 2. The highest BCUT2D eigenvalue weighted by Gasteiger charge is 2.18. The Labute approximate surface area is 135 Å². The maximum Gasteiger partial charge on any atom is 0.250 e. The highest BCUT2D eigenvalue weighted by atomic mass is 32.2. The fourth-order valence-corrected chi connectivity index (χ4v) is 4.21. The average Bonchev–Trinajstić information content (AvgIpc) is 2.96. The van der Waals surface area contributed by atoms with Gasteiger partial charge in [0.1, 0.15) is 0 Å². The molecule has 116 valence electrons. The number of rotatable bonds is 4. The molecule has 0 atom stereocenters. The number of nitrogens with two attached hydrogens (primary N) is 1. The second-order valence-corrected chi connectivity index (χ2v) is 7.03. The minimum atomic E-state index is -0.489. The zero-order valence-corrected chi connectivity index (χ0v) is 13.4. The molecular weight excluding hydrogens is 322 g/mol. The number of thioether (sulfide) groups is 1. The van der Waals surface area contributed by atoms with Crippen LogP contribution in [0.15, 0.2) is 22.5 Å². The first-order valence-electron chi connectivity index (χ1n) is 6.83. The van der Waals surface area contributed by atoms with E-state index in [2.05, 4.69) is 4.98 Å². The van der Waals surface area contributed by atoms with Crippen LogP contribution in [-0.2, 0) is 9.53 Å². The smallest absolute Gasteiger partial charge is 0.250 e. The van der Waals surface area contributed by atoms with Crippen molar-refractivity contribution in [2.45, 2.75) is 4.34 Å². The molecule has 0 saturated carbocycles. The van der Waals surface area contributed by atoms with Gasteiger partial charge in [-0.2, -0.15) is 0 Å². The van der Waals surface area contributed by atoms with Crippen LogP contribution in [0.1, 0.15) is 10.4 Å². The van der Waals surface area contributed by atoms with Crippen molar-refractivity contribution >= 4 is 45.1 Å². The second kappa shape index (κ2) is 6.64. The van der Waals surface area contributed by atoms with Crippen LogP contribution in [-0.4, -0.2) is 53.8 Å². The van der Waals surface area contributed by atoms with Crippen LogP contribution in [0.2, 0.25) is 0 Å². The Balaban J connectivity index is 1.70. The number of primary amides is 1. The Morgan fingerprint density at radius 1 is 1.36 bits per heavy atom. The molecule has 6 nitrogen and oxygen atoms in total. The highest BCUT2D eigenvalue weighted by molar-refractivity contribution is 8.01. The number of aromatic nitrogens is 1. The SMILES string of the molecule is NC(=O)c1cccc2sc(SCC(=O)N3CCOCC3)nc12. The van der Waals surface area contributed by atoms with Crippen LogP contribution in [0.3, 0.4) is 0 Å². The lowest BCUT2D eigenvalue weighted by Crippen LogP contribution is -2.41.